The molecule has 6 aliphatic heterocycles. The minimum Gasteiger partial charge on any atom is -0.496 e. The Labute approximate surface area is 350 Å². The number of amides is 1. The second kappa shape index (κ2) is 14.2. The van der Waals surface area contributed by atoms with Gasteiger partial charge in [-0.05, 0) is 80.8 Å². The summed E-state index contributed by atoms with van der Waals surface area (Å²) in [5.41, 5.74) is -3.28. The molecule has 1 aliphatic carbocycles. The molecule has 60 heavy (non-hydrogen) atoms. The summed E-state index contributed by atoms with van der Waals surface area (Å²) in [5, 5.41) is 25.3. The van der Waals surface area contributed by atoms with E-state index in [0.29, 0.717) is 99.5 Å². The SMILES string of the molecule is CC[C@@]1(O)C[C@@H]2CN(CC[C@H]3C(=Nc4ccccc43)[C@@](C(=O)OC)(c3cc4c(cc3OC)N(C=O)[C@H]3[C@@](O)(C(=O)OC)[C@H](OC(C)=O)[C@]5(CC)C=CCN6CC[C@]43[C@@H]65)C2)C1. The van der Waals surface area contributed by atoms with Gasteiger partial charge in [-0.15, -0.1) is 0 Å². The summed E-state index contributed by atoms with van der Waals surface area (Å²) in [6.07, 6.45) is 5.86. The van der Waals surface area contributed by atoms with Gasteiger partial charge in [-0.2, -0.15) is 0 Å². The molecule has 320 valence electrons. The fraction of sp³-hybridized carbons (Fsp3) is 0.587. The zero-order valence-electron chi connectivity index (χ0n) is 35.3. The van der Waals surface area contributed by atoms with Crippen LogP contribution in [0.3, 0.4) is 0 Å². The lowest BCUT2D eigenvalue weighted by molar-refractivity contribution is -0.228. The summed E-state index contributed by atoms with van der Waals surface area (Å²) in [6.45, 7) is 8.17. The number of methoxy groups -OCH3 is 3. The van der Waals surface area contributed by atoms with Gasteiger partial charge in [0.05, 0.1) is 44.3 Å². The van der Waals surface area contributed by atoms with Crippen molar-refractivity contribution in [1.82, 2.24) is 9.80 Å². The number of hydrogen-bond donors (Lipinski definition) is 2. The van der Waals surface area contributed by atoms with Crippen molar-refractivity contribution >= 4 is 41.4 Å². The number of benzene rings is 2. The van der Waals surface area contributed by atoms with Crippen LogP contribution in [0, 0.1) is 11.3 Å². The average Bonchev–Trinajstić information content (AvgIpc) is 3.92. The Kier molecular flexibility index (Phi) is 9.66. The summed E-state index contributed by atoms with van der Waals surface area (Å²) >= 11 is 0. The third-order valence-corrected chi connectivity index (χ3v) is 15.6. The van der Waals surface area contributed by atoms with Crippen molar-refractivity contribution in [3.8, 4) is 5.75 Å². The molecule has 3 saturated heterocycles. The summed E-state index contributed by atoms with van der Waals surface area (Å²) in [6, 6.07) is 9.91. The monoisotopic (exact) mass is 824 g/mol. The number of piperidine rings is 1. The van der Waals surface area contributed by atoms with Crippen molar-refractivity contribution in [3.63, 3.8) is 0 Å². The molecule has 2 aromatic rings. The second-order valence-electron chi connectivity index (χ2n) is 18.2. The number of esters is 3. The Morgan fingerprint density at radius 2 is 1.73 bits per heavy atom. The minimum absolute atomic E-state index is 0.162. The number of carbonyl (C=O) groups excluding carboxylic acids is 4. The fourth-order valence-electron chi connectivity index (χ4n) is 13.5. The van der Waals surface area contributed by atoms with Gasteiger partial charge in [0.2, 0.25) is 12.0 Å². The molecule has 14 heteroatoms. The highest BCUT2D eigenvalue weighted by atomic mass is 16.6. The van der Waals surface area contributed by atoms with Crippen molar-refractivity contribution in [2.45, 2.75) is 105 Å². The van der Waals surface area contributed by atoms with Crippen molar-refractivity contribution in [3.05, 3.63) is 65.2 Å². The zero-order valence-corrected chi connectivity index (χ0v) is 35.3. The van der Waals surface area contributed by atoms with E-state index in [9.17, 15) is 24.6 Å². The highest BCUT2D eigenvalue weighted by Gasteiger charge is 2.81. The van der Waals surface area contributed by atoms with Gasteiger partial charge in [-0.3, -0.25) is 24.3 Å². The molecule has 6 heterocycles. The predicted molar refractivity (Wildman–Crippen MR) is 220 cm³/mol. The lowest BCUT2D eigenvalue weighted by Crippen LogP contribution is -2.81. The quantitative estimate of drug-likeness (QED) is 0.172. The second-order valence-corrected chi connectivity index (χ2v) is 18.2. The topological polar surface area (TPSA) is 168 Å². The lowest BCUT2D eigenvalue weighted by atomic mass is 9.47. The van der Waals surface area contributed by atoms with Crippen molar-refractivity contribution in [2.24, 2.45) is 16.3 Å². The van der Waals surface area contributed by atoms with Gasteiger partial charge >= 0.3 is 17.9 Å². The van der Waals surface area contributed by atoms with Gasteiger partial charge in [0.15, 0.2) is 6.10 Å². The Balaban J connectivity index is 1.36. The normalized spacial score (nSPS) is 38.4. The number of fused-ring (bicyclic) bond motifs is 6. The average molecular weight is 825 g/mol. The van der Waals surface area contributed by atoms with Crippen LogP contribution in [0.2, 0.25) is 0 Å². The summed E-state index contributed by atoms with van der Waals surface area (Å²) in [4.78, 5) is 67.8. The molecule has 4 fully saturated rings. The first-order chi connectivity index (χ1) is 28.8. The Morgan fingerprint density at radius 1 is 0.967 bits per heavy atom. The maximum Gasteiger partial charge on any atom is 0.344 e. The Hall–Kier alpha value is -4.63. The third kappa shape index (κ3) is 5.23. The van der Waals surface area contributed by atoms with Crippen molar-refractivity contribution in [2.75, 3.05) is 59.0 Å². The van der Waals surface area contributed by atoms with Crippen LogP contribution >= 0.6 is 0 Å². The van der Waals surface area contributed by atoms with E-state index in [4.69, 9.17) is 23.9 Å². The molecule has 0 aromatic heterocycles. The number of ether oxygens (including phenoxy) is 4. The third-order valence-electron chi connectivity index (χ3n) is 15.6. The molecule has 1 saturated carbocycles. The number of rotatable bonds is 8. The van der Waals surface area contributed by atoms with Crippen LogP contribution in [0.4, 0.5) is 11.4 Å². The van der Waals surface area contributed by atoms with Gasteiger partial charge in [0.1, 0.15) is 11.2 Å². The molecule has 2 bridgehead atoms. The summed E-state index contributed by atoms with van der Waals surface area (Å²) in [7, 11) is 4.08. The van der Waals surface area contributed by atoms with Crippen LogP contribution in [-0.4, -0.2) is 133 Å². The Morgan fingerprint density at radius 3 is 2.42 bits per heavy atom. The van der Waals surface area contributed by atoms with Crippen LogP contribution in [0.5, 0.6) is 5.75 Å². The van der Waals surface area contributed by atoms with E-state index in [1.165, 1.54) is 33.2 Å². The number of hydrogen-bond acceptors (Lipinski definition) is 13. The number of aliphatic imine (C=N–C) groups is 1. The van der Waals surface area contributed by atoms with E-state index in [2.05, 4.69) is 15.9 Å². The molecule has 1 spiro atoms. The highest BCUT2D eigenvalue weighted by Crippen LogP contribution is 2.68. The smallest absolute Gasteiger partial charge is 0.344 e. The summed E-state index contributed by atoms with van der Waals surface area (Å²) in [5.74, 6) is -2.36. The fourth-order valence-corrected chi connectivity index (χ4v) is 13.5. The van der Waals surface area contributed by atoms with E-state index in [1.807, 2.05) is 50.3 Å². The van der Waals surface area contributed by atoms with Crippen molar-refractivity contribution in [1.29, 1.82) is 0 Å². The maximum atomic E-state index is 15.3. The maximum absolute atomic E-state index is 15.3. The van der Waals surface area contributed by atoms with Gasteiger partial charge < -0.3 is 39.0 Å². The first kappa shape index (κ1) is 40.8. The van der Waals surface area contributed by atoms with E-state index in [-0.39, 0.29) is 18.3 Å². The van der Waals surface area contributed by atoms with Gasteiger partial charge in [-0.25, -0.2) is 4.79 Å². The van der Waals surface area contributed by atoms with E-state index in [0.717, 1.165) is 11.3 Å². The van der Waals surface area contributed by atoms with Crippen LogP contribution < -0.4 is 9.64 Å². The number of para-hydroxylation sites is 1. The minimum atomic E-state index is -2.53. The zero-order chi connectivity index (χ0) is 42.6. The van der Waals surface area contributed by atoms with E-state index >= 15 is 4.79 Å². The van der Waals surface area contributed by atoms with Crippen molar-refractivity contribution < 1.29 is 48.3 Å². The first-order valence-electron chi connectivity index (χ1n) is 21.3. The molecule has 1 amide bonds. The molecule has 2 N–H and O–H groups in total. The van der Waals surface area contributed by atoms with Gasteiger partial charge in [0.25, 0.3) is 0 Å². The Bertz CT molecular complexity index is 2210. The predicted octanol–water partition coefficient (Wildman–Crippen LogP) is 3.71. The number of nitrogens with zero attached hydrogens (tertiary/aromatic N) is 4. The van der Waals surface area contributed by atoms with Crippen LogP contribution in [-0.2, 0) is 44.2 Å². The molecule has 11 atom stereocenters. The molecular formula is C46H56N4O10. The number of anilines is 1. The van der Waals surface area contributed by atoms with Gasteiger partial charge in [0, 0.05) is 66.7 Å². The van der Waals surface area contributed by atoms with Crippen LogP contribution in [0.25, 0.3) is 0 Å². The van der Waals surface area contributed by atoms with Crippen LogP contribution in [0.15, 0.2) is 53.5 Å². The molecule has 1 unspecified atom stereocenters. The van der Waals surface area contributed by atoms with Gasteiger partial charge in [-0.1, -0.05) is 44.2 Å². The standard InChI is InChI=1S/C46H56N4O10/c1-7-42(55)22-28-23-45(40(53)58-5,36-30(14-18-48(24-28)25-42)29-12-9-10-13-33(29)47-36)32-20-31-34(21-35(32)57-4)50(26-51)38-44(31)16-19-49-17-11-15-43(8-2,37(44)49)39(60-27(3)52)46(38,56)41(54)59-6/h9-13,15,20-21,26,28,30,37-39,55-56H,7-8,14,16-19,22-25H2,1-6H3/t28-,30+,37-,38+,39+,42+,43+,44+,45-,46-/m0/s1. The number of aliphatic hydroxyl groups is 2. The molecule has 9 rings (SSSR count). The van der Waals surface area contributed by atoms with E-state index in [1.54, 1.807) is 6.07 Å². The first-order valence-corrected chi connectivity index (χ1v) is 21.3. The largest absolute Gasteiger partial charge is 0.496 e. The molecular weight excluding hydrogens is 769 g/mol. The number of carbonyl (C=O) groups is 4. The molecule has 0 radical (unpaired) electrons. The van der Waals surface area contributed by atoms with Crippen LogP contribution in [0.1, 0.15) is 81.9 Å². The molecule has 14 nitrogen and oxygen atoms in total. The molecule has 7 aliphatic rings. The highest BCUT2D eigenvalue weighted by molar-refractivity contribution is 6.18. The van der Waals surface area contributed by atoms with E-state index < -0.39 is 63.5 Å². The molecule has 2 aromatic carbocycles. The summed E-state index contributed by atoms with van der Waals surface area (Å²) < 4.78 is 23.7. The lowest BCUT2D eigenvalue weighted by Gasteiger charge is -2.63.